The first-order valence-corrected chi connectivity index (χ1v) is 15.2. The summed E-state index contributed by atoms with van der Waals surface area (Å²) >= 11 is 1.76. The topological polar surface area (TPSA) is 84.5 Å². The number of hydrogen-bond acceptors (Lipinski definition) is 6. The van der Waals surface area contributed by atoms with Crippen molar-refractivity contribution >= 4 is 23.4 Å². The number of imidazole rings is 1. The summed E-state index contributed by atoms with van der Waals surface area (Å²) in [5, 5.41) is 11.9. The number of hydrogen-bond donors (Lipinski definition) is 0. The van der Waals surface area contributed by atoms with Gasteiger partial charge in [0.2, 0.25) is 5.91 Å². The molecule has 1 aliphatic heterocycles. The molecule has 2 atom stereocenters. The van der Waals surface area contributed by atoms with E-state index in [1.54, 1.807) is 48.6 Å². The summed E-state index contributed by atoms with van der Waals surface area (Å²) in [6.45, 7) is 1.45. The molecule has 2 aromatic carbocycles. The Morgan fingerprint density at radius 1 is 1.17 bits per heavy atom. The number of para-hydroxylation sites is 1. The molecule has 2 unspecified atom stereocenters. The second-order valence-corrected chi connectivity index (χ2v) is 11.4. The highest BCUT2D eigenvalue weighted by molar-refractivity contribution is 7.98. The fourth-order valence-corrected chi connectivity index (χ4v) is 6.23. The second-order valence-electron chi connectivity index (χ2n) is 10.4. The van der Waals surface area contributed by atoms with Crippen LogP contribution in [0.1, 0.15) is 36.1 Å². The zero-order chi connectivity index (χ0) is 28.8. The molecule has 0 N–H and O–H groups in total. The van der Waals surface area contributed by atoms with Crippen LogP contribution in [0.3, 0.4) is 0 Å². The predicted molar refractivity (Wildman–Crippen MR) is 159 cm³/mol. The molecule has 1 fully saturated rings. The van der Waals surface area contributed by atoms with Gasteiger partial charge in [-0.25, -0.2) is 9.37 Å². The average Bonchev–Trinajstić information content (AvgIpc) is 3.41. The van der Waals surface area contributed by atoms with Crippen LogP contribution in [0.5, 0.6) is 0 Å². The van der Waals surface area contributed by atoms with Gasteiger partial charge in [-0.3, -0.25) is 19.8 Å². The molecular weight excluding hydrogens is 541 g/mol. The second kappa shape index (κ2) is 13.3. The maximum atomic E-state index is 14.3. The van der Waals surface area contributed by atoms with Gasteiger partial charge >= 0.3 is 0 Å². The first kappa shape index (κ1) is 28.8. The van der Waals surface area contributed by atoms with Crippen LogP contribution >= 0.6 is 11.8 Å². The third-order valence-corrected chi connectivity index (χ3v) is 8.44. The largest absolute Gasteiger partial charge is 0.329 e. The number of aromatic nitrogens is 2. The van der Waals surface area contributed by atoms with E-state index in [4.69, 9.17) is 0 Å². The normalized spacial score (nSPS) is 19.4. The van der Waals surface area contributed by atoms with Crippen molar-refractivity contribution in [1.82, 2.24) is 19.4 Å². The van der Waals surface area contributed by atoms with Gasteiger partial charge in [-0.15, -0.1) is 0 Å². The van der Waals surface area contributed by atoms with Gasteiger partial charge in [0.1, 0.15) is 5.82 Å². The SMILES string of the molecule is CSCCC1CN(C2=CC=CCC2)C(=O)C(Cc2ccccc2[N+](=O)[O-])N1Cc1cncn1Cc1cccc(F)c1. The lowest BCUT2D eigenvalue weighted by atomic mass is 9.94. The standard InChI is InChI=1S/C31H34FN5O3S/c1-41-15-14-27-20-36(26-11-3-2-4-12-26)31(38)30(17-24-9-5-6-13-29(24)37(39)40)35(27)21-28-18-33-22-34(28)19-23-8-7-10-25(32)16-23/h2-3,5-11,13,16,18,22,27,30H,4,12,14-15,17,19-21H2,1H3. The summed E-state index contributed by atoms with van der Waals surface area (Å²) < 4.78 is 15.9. The fourth-order valence-electron chi connectivity index (χ4n) is 5.72. The maximum absolute atomic E-state index is 14.3. The van der Waals surface area contributed by atoms with Crippen LogP contribution in [0.25, 0.3) is 0 Å². The molecule has 41 heavy (non-hydrogen) atoms. The van der Waals surface area contributed by atoms with Gasteiger partial charge in [-0.2, -0.15) is 11.8 Å². The lowest BCUT2D eigenvalue weighted by Gasteiger charge is -2.47. The smallest absolute Gasteiger partial charge is 0.272 e. The van der Waals surface area contributed by atoms with Gasteiger partial charge < -0.3 is 9.47 Å². The van der Waals surface area contributed by atoms with Gasteiger partial charge in [0, 0.05) is 55.6 Å². The van der Waals surface area contributed by atoms with Crippen LogP contribution < -0.4 is 0 Å². The van der Waals surface area contributed by atoms with E-state index in [1.165, 1.54) is 18.2 Å². The number of nitro benzene ring substituents is 1. The van der Waals surface area contributed by atoms with Crippen molar-refractivity contribution in [2.75, 3.05) is 18.6 Å². The van der Waals surface area contributed by atoms with Gasteiger partial charge in [0.15, 0.2) is 0 Å². The van der Waals surface area contributed by atoms with Crippen molar-refractivity contribution in [3.05, 3.63) is 118 Å². The molecule has 0 radical (unpaired) electrons. The molecule has 5 rings (SSSR count). The number of carbonyl (C=O) groups is 1. The maximum Gasteiger partial charge on any atom is 0.272 e. The molecular formula is C31H34FN5O3S. The van der Waals surface area contributed by atoms with Gasteiger partial charge in [0.25, 0.3) is 5.69 Å². The van der Waals surface area contributed by atoms with Crippen molar-refractivity contribution in [1.29, 1.82) is 0 Å². The minimum atomic E-state index is -0.596. The molecule has 1 amide bonds. The quantitative estimate of drug-likeness (QED) is 0.219. The number of nitro groups is 1. The summed E-state index contributed by atoms with van der Waals surface area (Å²) in [5.74, 6) is 0.587. The zero-order valence-electron chi connectivity index (χ0n) is 23.1. The van der Waals surface area contributed by atoms with E-state index in [9.17, 15) is 19.3 Å². The summed E-state index contributed by atoms with van der Waals surface area (Å²) in [4.78, 5) is 34.3. The Hall–Kier alpha value is -3.76. The van der Waals surface area contributed by atoms with Crippen molar-refractivity contribution in [2.45, 2.75) is 50.9 Å². The summed E-state index contributed by atoms with van der Waals surface area (Å²) in [6, 6.07) is 12.6. The number of benzene rings is 2. The van der Waals surface area contributed by atoms with E-state index in [2.05, 4.69) is 22.2 Å². The highest BCUT2D eigenvalue weighted by Gasteiger charge is 2.42. The highest BCUT2D eigenvalue weighted by atomic mass is 32.2. The third kappa shape index (κ3) is 6.77. The van der Waals surface area contributed by atoms with Crippen molar-refractivity contribution in [2.24, 2.45) is 0 Å². The number of rotatable bonds is 11. The van der Waals surface area contributed by atoms with E-state index >= 15 is 0 Å². The third-order valence-electron chi connectivity index (χ3n) is 7.79. The van der Waals surface area contributed by atoms with E-state index in [-0.39, 0.29) is 34.8 Å². The first-order chi connectivity index (χ1) is 19.9. The van der Waals surface area contributed by atoms with Gasteiger partial charge in [0.05, 0.1) is 23.0 Å². The number of thioether (sulfide) groups is 1. The molecule has 1 saturated heterocycles. The number of nitrogens with zero attached hydrogens (tertiary/aromatic N) is 5. The molecule has 1 aliphatic carbocycles. The Morgan fingerprint density at radius 2 is 2.02 bits per heavy atom. The number of halogens is 1. The van der Waals surface area contributed by atoms with E-state index < -0.39 is 6.04 Å². The van der Waals surface area contributed by atoms with Gasteiger partial charge in [-0.05, 0) is 55.0 Å². The Morgan fingerprint density at radius 3 is 2.78 bits per heavy atom. The van der Waals surface area contributed by atoms with E-state index in [0.717, 1.165) is 42.0 Å². The first-order valence-electron chi connectivity index (χ1n) is 13.8. The minimum absolute atomic E-state index is 0.0222. The molecule has 214 valence electrons. The zero-order valence-corrected chi connectivity index (χ0v) is 23.9. The van der Waals surface area contributed by atoms with Crippen LogP contribution in [0.15, 0.2) is 85.0 Å². The summed E-state index contributed by atoms with van der Waals surface area (Å²) in [5.41, 5.74) is 3.27. The lowest BCUT2D eigenvalue weighted by molar-refractivity contribution is -0.385. The fraction of sp³-hybridized carbons (Fsp3) is 0.355. The lowest BCUT2D eigenvalue weighted by Crippen LogP contribution is -2.62. The highest BCUT2D eigenvalue weighted by Crippen LogP contribution is 2.32. The Bertz CT molecular complexity index is 1450. The van der Waals surface area contributed by atoms with Crippen LogP contribution in [0.4, 0.5) is 10.1 Å². The van der Waals surface area contributed by atoms with Crippen LogP contribution in [0, 0.1) is 15.9 Å². The minimum Gasteiger partial charge on any atom is -0.329 e. The molecule has 0 spiro atoms. The average molecular weight is 576 g/mol. The Labute approximate surface area is 243 Å². The van der Waals surface area contributed by atoms with Gasteiger partial charge in [-0.1, -0.05) is 42.5 Å². The van der Waals surface area contributed by atoms with E-state index in [1.807, 2.05) is 27.7 Å². The molecule has 1 aromatic heterocycles. The molecule has 8 nitrogen and oxygen atoms in total. The van der Waals surface area contributed by atoms with Crippen LogP contribution in [0.2, 0.25) is 0 Å². The van der Waals surface area contributed by atoms with Crippen molar-refractivity contribution in [3.63, 3.8) is 0 Å². The monoisotopic (exact) mass is 575 g/mol. The summed E-state index contributed by atoms with van der Waals surface area (Å²) in [7, 11) is 0. The molecule has 2 heterocycles. The van der Waals surface area contributed by atoms with Crippen LogP contribution in [-0.4, -0.2) is 60.8 Å². The Balaban J connectivity index is 1.51. The van der Waals surface area contributed by atoms with Crippen molar-refractivity contribution in [3.8, 4) is 0 Å². The molecule has 3 aromatic rings. The predicted octanol–water partition coefficient (Wildman–Crippen LogP) is 5.59. The molecule has 2 aliphatic rings. The Kier molecular flexibility index (Phi) is 9.31. The number of carbonyl (C=O) groups excluding carboxylic acids is 1. The number of amides is 1. The molecule has 0 saturated carbocycles. The number of piperazine rings is 1. The van der Waals surface area contributed by atoms with Crippen molar-refractivity contribution < 1.29 is 14.1 Å². The number of allylic oxidation sites excluding steroid dienone is 4. The van der Waals surface area contributed by atoms with E-state index in [0.29, 0.717) is 25.2 Å². The molecule has 10 heteroatoms. The van der Waals surface area contributed by atoms with Crippen LogP contribution in [-0.2, 0) is 24.3 Å². The molecule has 0 bridgehead atoms. The summed E-state index contributed by atoms with van der Waals surface area (Å²) in [6.07, 6.45) is 14.4.